The van der Waals surface area contributed by atoms with Crippen LogP contribution in [0.1, 0.15) is 6.85 Å². The lowest BCUT2D eigenvalue weighted by atomic mass is 10.00. The Hall–Kier alpha value is -5.52. The number of benzene rings is 6. The molecule has 200 valence electrons. The van der Waals surface area contributed by atoms with E-state index >= 15 is 0 Å². The minimum Gasteiger partial charge on any atom is -0.452 e. The fraction of sp³-hybridized carbons (Fsp3) is 0. The number of thiophene rings is 1. The Bertz CT molecular complexity index is 3000. The molecule has 4 aromatic heterocycles. The fourth-order valence-corrected chi connectivity index (χ4v) is 7.79. The van der Waals surface area contributed by atoms with Gasteiger partial charge in [0.25, 0.3) is 0 Å². The van der Waals surface area contributed by atoms with Gasteiger partial charge in [-0.05, 0) is 24.3 Å². The van der Waals surface area contributed by atoms with E-state index in [-0.39, 0.29) is 28.9 Å². The molecule has 0 N–H and O–H groups in total. The van der Waals surface area contributed by atoms with Crippen molar-refractivity contribution in [3.8, 4) is 17.2 Å². The Labute approximate surface area is 256 Å². The van der Waals surface area contributed by atoms with Crippen LogP contribution in [0.15, 0.2) is 132 Å². The monoisotopic (exact) mass is 572 g/mol. The average molecular weight is 573 g/mol. The summed E-state index contributed by atoms with van der Waals surface area (Å²) in [7, 11) is 0. The van der Waals surface area contributed by atoms with Crippen molar-refractivity contribution in [2.75, 3.05) is 0 Å². The molecule has 0 unspecified atom stereocenters. The highest BCUT2D eigenvalue weighted by molar-refractivity contribution is 7.27. The Morgan fingerprint density at radius 1 is 0.651 bits per heavy atom. The van der Waals surface area contributed by atoms with Crippen molar-refractivity contribution >= 4 is 86.2 Å². The van der Waals surface area contributed by atoms with Crippen LogP contribution in [-0.2, 0) is 0 Å². The van der Waals surface area contributed by atoms with E-state index in [1.54, 1.807) is 11.3 Å². The summed E-state index contributed by atoms with van der Waals surface area (Å²) >= 11 is 1.79. The lowest BCUT2D eigenvalue weighted by Crippen LogP contribution is -2.03. The van der Waals surface area contributed by atoms with Gasteiger partial charge in [-0.3, -0.25) is 4.57 Å². The zero-order valence-electron chi connectivity index (χ0n) is 27.4. The van der Waals surface area contributed by atoms with E-state index in [4.69, 9.17) is 21.2 Å². The molecule has 0 aliphatic carbocycles. The summed E-state index contributed by atoms with van der Waals surface area (Å²) in [5.74, 6) is 0.311. The lowest BCUT2D eigenvalue weighted by Gasteiger charge is -2.11. The molecule has 6 aromatic carbocycles. The highest BCUT2D eigenvalue weighted by Gasteiger charge is 2.24. The van der Waals surface area contributed by atoms with Gasteiger partial charge in [0.15, 0.2) is 5.58 Å². The molecule has 0 radical (unpaired) electrons. The second-order valence-electron chi connectivity index (χ2n) is 10.6. The molecule has 0 atom stereocenters. The van der Waals surface area contributed by atoms with E-state index in [0.29, 0.717) is 17.0 Å². The van der Waals surface area contributed by atoms with Gasteiger partial charge in [0.1, 0.15) is 16.8 Å². The highest BCUT2D eigenvalue weighted by Crippen LogP contribution is 2.48. The van der Waals surface area contributed by atoms with Crippen molar-refractivity contribution in [3.63, 3.8) is 0 Å². The van der Waals surface area contributed by atoms with Gasteiger partial charge < -0.3 is 4.42 Å². The smallest absolute Gasteiger partial charge is 0.236 e. The highest BCUT2D eigenvalue weighted by atomic mass is 32.1. The van der Waals surface area contributed by atoms with Crippen LogP contribution >= 0.6 is 11.3 Å². The molecule has 0 saturated carbocycles. The third kappa shape index (κ3) is 3.09. The first-order valence-corrected chi connectivity index (χ1v) is 14.8. The summed E-state index contributed by atoms with van der Waals surface area (Å²) in [6.07, 6.45) is 0. The number of hydrogen-bond donors (Lipinski definition) is 0. The largest absolute Gasteiger partial charge is 0.452 e. The third-order valence-electron chi connectivity index (χ3n) is 8.29. The number of nitrogens with zero attached hydrogens (tertiary/aromatic N) is 3. The van der Waals surface area contributed by atoms with Crippen LogP contribution < -0.4 is 0 Å². The first kappa shape index (κ1) is 18.8. The van der Waals surface area contributed by atoms with Gasteiger partial charge in [0, 0.05) is 52.7 Å². The topological polar surface area (TPSA) is 43.9 Å². The van der Waals surface area contributed by atoms with Crippen molar-refractivity contribution in [1.82, 2.24) is 14.5 Å². The SMILES string of the molecule is [2H]c1c([2H])c([2H])c(-c2nc(-n3c4ccccc4c4c5c6ccccc6sc5c5ccccc5c43)nc3c2oc2ccccc23)c([2H])c1[2H]. The van der Waals surface area contributed by atoms with Gasteiger partial charge in [-0.2, -0.15) is 0 Å². The molecule has 10 rings (SSSR count). The number of hydrogen-bond acceptors (Lipinski definition) is 4. The average Bonchev–Trinajstić information content (AvgIpc) is 3.80. The first-order chi connectivity index (χ1) is 23.4. The van der Waals surface area contributed by atoms with Crippen molar-refractivity contribution in [2.24, 2.45) is 0 Å². The van der Waals surface area contributed by atoms with Crippen LogP contribution in [-0.4, -0.2) is 14.5 Å². The standard InChI is InChI=1S/C38H21N3OS/c1-2-12-22(13-3-1)33-36-34(26-17-7-10-20-29(26)42-36)40-38(39-33)41-28-19-9-6-16-25(28)31-32-27-18-8-11-21-30(27)43-37(32)24-15-5-4-14-23(24)35(31)41/h1-21H/i1D,2D,3D,12D,13D. The van der Waals surface area contributed by atoms with E-state index in [9.17, 15) is 0 Å². The van der Waals surface area contributed by atoms with Crippen molar-refractivity contribution in [1.29, 1.82) is 0 Å². The van der Waals surface area contributed by atoms with Crippen LogP contribution in [0.4, 0.5) is 0 Å². The molecular formula is C38H21N3OS. The second-order valence-corrected chi connectivity index (χ2v) is 11.6. The maximum atomic E-state index is 8.87. The first-order valence-electron chi connectivity index (χ1n) is 16.4. The molecule has 0 fully saturated rings. The molecular weight excluding hydrogens is 547 g/mol. The molecule has 4 heterocycles. The summed E-state index contributed by atoms with van der Waals surface area (Å²) in [6, 6.07) is 30.5. The minimum absolute atomic E-state index is 0.0365. The van der Waals surface area contributed by atoms with Gasteiger partial charge in [-0.25, -0.2) is 9.97 Å². The molecule has 0 spiro atoms. The number of rotatable bonds is 2. The molecule has 43 heavy (non-hydrogen) atoms. The number of fused-ring (bicyclic) bond motifs is 13. The molecule has 0 saturated heterocycles. The molecule has 5 heteroatoms. The van der Waals surface area contributed by atoms with E-state index in [2.05, 4.69) is 59.2 Å². The Morgan fingerprint density at radius 3 is 2.21 bits per heavy atom. The predicted octanol–water partition coefficient (Wildman–Crippen LogP) is 10.7. The summed E-state index contributed by atoms with van der Waals surface area (Å²) in [6.45, 7) is 0. The maximum Gasteiger partial charge on any atom is 0.236 e. The molecule has 0 aliphatic rings. The third-order valence-corrected chi connectivity index (χ3v) is 9.50. The number of para-hydroxylation sites is 2. The summed E-state index contributed by atoms with van der Waals surface area (Å²) in [4.78, 5) is 10.2. The molecule has 4 nitrogen and oxygen atoms in total. The molecule has 0 aliphatic heterocycles. The van der Waals surface area contributed by atoms with E-state index in [1.165, 1.54) is 20.2 Å². The normalized spacial score (nSPS) is 13.8. The van der Waals surface area contributed by atoms with Gasteiger partial charge in [-0.15, -0.1) is 11.3 Å². The van der Waals surface area contributed by atoms with E-state index in [1.807, 2.05) is 42.5 Å². The van der Waals surface area contributed by atoms with Crippen LogP contribution in [0.2, 0.25) is 0 Å². The molecule has 10 aromatic rings. The Morgan fingerprint density at radius 2 is 1.35 bits per heavy atom. The predicted molar refractivity (Wildman–Crippen MR) is 179 cm³/mol. The van der Waals surface area contributed by atoms with Crippen LogP contribution in [0, 0.1) is 0 Å². The summed E-state index contributed by atoms with van der Waals surface area (Å²) in [5.41, 5.74) is 3.24. The van der Waals surface area contributed by atoms with E-state index in [0.717, 1.165) is 38.0 Å². The lowest BCUT2D eigenvalue weighted by molar-refractivity contribution is 0.666. The number of aromatic nitrogens is 3. The molecule has 0 bridgehead atoms. The zero-order valence-corrected chi connectivity index (χ0v) is 23.2. The van der Waals surface area contributed by atoms with Crippen molar-refractivity contribution in [2.45, 2.75) is 0 Å². The van der Waals surface area contributed by atoms with Crippen LogP contribution in [0.25, 0.3) is 92.0 Å². The Kier molecular flexibility index (Phi) is 3.72. The zero-order chi connectivity index (χ0) is 32.4. The number of furan rings is 1. The minimum atomic E-state index is -0.468. The second kappa shape index (κ2) is 8.51. The van der Waals surface area contributed by atoms with Crippen LogP contribution in [0.3, 0.4) is 0 Å². The Balaban J connectivity index is 1.46. The quantitative estimate of drug-likeness (QED) is 0.207. The summed E-state index contributed by atoms with van der Waals surface area (Å²) in [5, 5.41) is 7.35. The van der Waals surface area contributed by atoms with Gasteiger partial charge in [-0.1, -0.05) is 103 Å². The summed E-state index contributed by atoms with van der Waals surface area (Å²) < 4.78 is 53.6. The van der Waals surface area contributed by atoms with E-state index < -0.39 is 18.1 Å². The van der Waals surface area contributed by atoms with Gasteiger partial charge >= 0.3 is 0 Å². The van der Waals surface area contributed by atoms with Gasteiger partial charge in [0.2, 0.25) is 5.95 Å². The molecule has 0 amide bonds. The van der Waals surface area contributed by atoms with Crippen molar-refractivity contribution in [3.05, 3.63) is 127 Å². The van der Waals surface area contributed by atoms with Crippen LogP contribution in [0.5, 0.6) is 0 Å². The van der Waals surface area contributed by atoms with Crippen molar-refractivity contribution < 1.29 is 11.3 Å². The maximum absolute atomic E-state index is 8.87. The fourth-order valence-electron chi connectivity index (χ4n) is 6.54. The van der Waals surface area contributed by atoms with Gasteiger partial charge in [0.05, 0.1) is 17.9 Å².